The van der Waals surface area contributed by atoms with Crippen LogP contribution in [0.1, 0.15) is 13.3 Å². The smallest absolute Gasteiger partial charge is 0.207 e. The Morgan fingerprint density at radius 3 is 2.79 bits per heavy atom. The van der Waals surface area contributed by atoms with Crippen LogP contribution in [0.4, 0.5) is 5.95 Å². The zero-order valence-electron chi connectivity index (χ0n) is 11.2. The first-order valence-electron chi connectivity index (χ1n) is 6.33. The molecule has 1 aromatic heterocycles. The third-order valence-electron chi connectivity index (χ3n) is 3.08. The van der Waals surface area contributed by atoms with E-state index in [0.717, 1.165) is 24.6 Å². The van der Waals surface area contributed by atoms with Gasteiger partial charge in [0.25, 0.3) is 0 Å². The molecule has 4 nitrogen and oxygen atoms in total. The Hall–Kier alpha value is -1.62. The lowest BCUT2D eigenvalue weighted by molar-refractivity contribution is 0.672. The van der Waals surface area contributed by atoms with E-state index in [2.05, 4.69) is 10.3 Å². The molecule has 2 aromatic rings. The van der Waals surface area contributed by atoms with Gasteiger partial charge in [-0.05, 0) is 18.6 Å². The van der Waals surface area contributed by atoms with Crippen molar-refractivity contribution in [3.63, 3.8) is 0 Å². The fourth-order valence-corrected chi connectivity index (χ4v) is 2.23. The van der Waals surface area contributed by atoms with Gasteiger partial charge < -0.3 is 5.32 Å². The van der Waals surface area contributed by atoms with Crippen LogP contribution >= 0.6 is 0 Å². The number of hydrogen-bond donors (Lipinski definition) is 1. The molecule has 5 heteroatoms. The monoisotopic (exact) mass is 277 g/mol. The summed E-state index contributed by atoms with van der Waals surface area (Å²) < 4.78 is 13.3. The fourth-order valence-electron chi connectivity index (χ4n) is 1.78. The molecule has 2 rings (SSSR count). The quantitative estimate of drug-likeness (QED) is 0.882. The van der Waals surface area contributed by atoms with Crippen LogP contribution in [0.25, 0.3) is 5.69 Å². The molecule has 0 radical (unpaired) electrons. The van der Waals surface area contributed by atoms with E-state index in [1.807, 2.05) is 48.0 Å². The molecule has 2 unspecified atom stereocenters. The van der Waals surface area contributed by atoms with Crippen molar-refractivity contribution in [2.24, 2.45) is 0 Å². The number of nitrogens with one attached hydrogen (secondary N) is 1. The fraction of sp³-hybridized carbons (Fsp3) is 0.357. The van der Waals surface area contributed by atoms with Crippen LogP contribution in [0, 0.1) is 0 Å². The molecule has 1 heterocycles. The van der Waals surface area contributed by atoms with E-state index >= 15 is 0 Å². The topological polar surface area (TPSA) is 46.9 Å². The number of imidazole rings is 1. The highest BCUT2D eigenvalue weighted by Crippen LogP contribution is 2.14. The summed E-state index contributed by atoms with van der Waals surface area (Å²) in [6.45, 7) is 2.77. The zero-order valence-corrected chi connectivity index (χ0v) is 12.1. The number of aromatic nitrogens is 2. The number of rotatable bonds is 6. The minimum Gasteiger partial charge on any atom is -0.355 e. The molecule has 1 N–H and O–H groups in total. The lowest BCUT2D eigenvalue weighted by atomic mass is 10.3. The highest BCUT2D eigenvalue weighted by atomic mass is 32.2. The van der Waals surface area contributed by atoms with Gasteiger partial charge in [-0.15, -0.1) is 0 Å². The SMILES string of the molecule is CC(CCNc1nccn1-c1ccccc1)S(C)=O. The molecule has 0 spiro atoms. The summed E-state index contributed by atoms with van der Waals surface area (Å²) in [5.41, 5.74) is 1.08. The van der Waals surface area contributed by atoms with Gasteiger partial charge in [-0.1, -0.05) is 25.1 Å². The molecule has 0 aliphatic rings. The molecule has 2 atom stereocenters. The number of hydrogen-bond acceptors (Lipinski definition) is 3. The van der Waals surface area contributed by atoms with Crippen molar-refractivity contribution in [2.45, 2.75) is 18.6 Å². The number of nitrogens with zero attached hydrogens (tertiary/aromatic N) is 2. The van der Waals surface area contributed by atoms with Crippen molar-refractivity contribution in [1.29, 1.82) is 0 Å². The van der Waals surface area contributed by atoms with E-state index in [4.69, 9.17) is 0 Å². The van der Waals surface area contributed by atoms with Crippen LogP contribution < -0.4 is 5.32 Å². The molecule has 0 amide bonds. The third-order valence-corrected chi connectivity index (χ3v) is 4.44. The summed E-state index contributed by atoms with van der Waals surface area (Å²) in [5, 5.41) is 3.50. The summed E-state index contributed by atoms with van der Waals surface area (Å²) in [6, 6.07) is 10.1. The van der Waals surface area contributed by atoms with Gasteiger partial charge >= 0.3 is 0 Å². The van der Waals surface area contributed by atoms with E-state index in [-0.39, 0.29) is 5.25 Å². The molecule has 1 aromatic carbocycles. The van der Waals surface area contributed by atoms with Gasteiger partial charge in [0.05, 0.1) is 0 Å². The van der Waals surface area contributed by atoms with Gasteiger partial charge in [0.15, 0.2) is 0 Å². The molecule has 0 saturated carbocycles. The van der Waals surface area contributed by atoms with E-state index in [1.165, 1.54) is 0 Å². The van der Waals surface area contributed by atoms with Crippen molar-refractivity contribution in [2.75, 3.05) is 18.1 Å². The Morgan fingerprint density at radius 1 is 1.37 bits per heavy atom. The summed E-state index contributed by atoms with van der Waals surface area (Å²) in [7, 11) is -0.767. The standard InChI is InChI=1S/C14H19N3OS/c1-12(19(2)18)8-9-15-14-16-10-11-17(14)13-6-4-3-5-7-13/h3-7,10-12H,8-9H2,1-2H3,(H,15,16). The molecule has 0 aliphatic heterocycles. The Morgan fingerprint density at radius 2 is 2.11 bits per heavy atom. The minimum atomic E-state index is -0.767. The first-order chi connectivity index (χ1) is 9.18. The zero-order chi connectivity index (χ0) is 13.7. The first kappa shape index (κ1) is 13.8. The van der Waals surface area contributed by atoms with Crippen molar-refractivity contribution >= 4 is 16.7 Å². The van der Waals surface area contributed by atoms with Crippen LogP contribution in [0.15, 0.2) is 42.7 Å². The molecule has 0 bridgehead atoms. The number of para-hydroxylation sites is 1. The average Bonchev–Trinajstić information content (AvgIpc) is 2.88. The molecule has 102 valence electrons. The maximum Gasteiger partial charge on any atom is 0.207 e. The molecule has 19 heavy (non-hydrogen) atoms. The minimum absolute atomic E-state index is 0.202. The summed E-state index contributed by atoms with van der Waals surface area (Å²) in [5.74, 6) is 0.820. The van der Waals surface area contributed by atoms with Crippen molar-refractivity contribution < 1.29 is 4.21 Å². The lowest BCUT2D eigenvalue weighted by Crippen LogP contribution is -2.16. The van der Waals surface area contributed by atoms with Gasteiger partial charge in [-0.3, -0.25) is 8.78 Å². The highest BCUT2D eigenvalue weighted by molar-refractivity contribution is 7.84. The highest BCUT2D eigenvalue weighted by Gasteiger charge is 2.07. The lowest BCUT2D eigenvalue weighted by Gasteiger charge is -2.11. The van der Waals surface area contributed by atoms with Gasteiger partial charge in [-0.2, -0.15) is 0 Å². The van der Waals surface area contributed by atoms with Crippen LogP contribution in [0.3, 0.4) is 0 Å². The van der Waals surface area contributed by atoms with Gasteiger partial charge in [0.2, 0.25) is 5.95 Å². The maximum atomic E-state index is 11.3. The number of anilines is 1. The van der Waals surface area contributed by atoms with E-state index in [0.29, 0.717) is 0 Å². The Kier molecular flexibility index (Phi) is 4.74. The molecule has 0 aliphatic carbocycles. The van der Waals surface area contributed by atoms with Gasteiger partial charge in [0.1, 0.15) is 0 Å². The number of benzene rings is 1. The summed E-state index contributed by atoms with van der Waals surface area (Å²) >= 11 is 0. The Bertz CT molecular complexity index is 539. The molecule has 0 saturated heterocycles. The van der Waals surface area contributed by atoms with Crippen LogP contribution in [-0.2, 0) is 10.8 Å². The predicted octanol–water partition coefficient (Wildman–Crippen LogP) is 2.44. The first-order valence-corrected chi connectivity index (χ1v) is 7.95. The largest absolute Gasteiger partial charge is 0.355 e. The molecular formula is C14H19N3OS. The van der Waals surface area contributed by atoms with Crippen LogP contribution in [-0.4, -0.2) is 31.8 Å². The predicted molar refractivity (Wildman–Crippen MR) is 80.2 cm³/mol. The normalized spacial score (nSPS) is 14.0. The Labute approximate surface area is 116 Å². The second kappa shape index (κ2) is 6.52. The second-order valence-electron chi connectivity index (χ2n) is 4.48. The Balaban J connectivity index is 1.99. The van der Waals surface area contributed by atoms with E-state index in [1.54, 1.807) is 12.5 Å². The van der Waals surface area contributed by atoms with Crippen LogP contribution in [0.5, 0.6) is 0 Å². The van der Waals surface area contributed by atoms with E-state index < -0.39 is 10.8 Å². The van der Waals surface area contributed by atoms with Gasteiger partial charge in [0, 0.05) is 46.9 Å². The second-order valence-corrected chi connectivity index (χ2v) is 6.28. The maximum absolute atomic E-state index is 11.3. The third kappa shape index (κ3) is 3.67. The van der Waals surface area contributed by atoms with E-state index in [9.17, 15) is 4.21 Å². The molecular weight excluding hydrogens is 258 g/mol. The summed E-state index contributed by atoms with van der Waals surface area (Å²) in [6.07, 6.45) is 6.32. The molecule has 0 fully saturated rings. The average molecular weight is 277 g/mol. The van der Waals surface area contributed by atoms with Crippen molar-refractivity contribution in [1.82, 2.24) is 9.55 Å². The van der Waals surface area contributed by atoms with Crippen molar-refractivity contribution in [3.8, 4) is 5.69 Å². The van der Waals surface area contributed by atoms with Crippen LogP contribution in [0.2, 0.25) is 0 Å². The summed E-state index contributed by atoms with van der Waals surface area (Å²) in [4.78, 5) is 4.31. The van der Waals surface area contributed by atoms with Gasteiger partial charge in [-0.25, -0.2) is 4.98 Å². The van der Waals surface area contributed by atoms with Crippen molar-refractivity contribution in [3.05, 3.63) is 42.7 Å².